The highest BCUT2D eigenvalue weighted by Gasteiger charge is 2.18. The molecule has 0 aliphatic rings. The first-order chi connectivity index (χ1) is 16.3. The summed E-state index contributed by atoms with van der Waals surface area (Å²) in [7, 11) is -4.11. The minimum Gasteiger partial charge on any atom is -0.379 e. The molecule has 0 spiro atoms. The van der Waals surface area contributed by atoms with Crippen molar-refractivity contribution in [2.24, 2.45) is 0 Å². The predicted octanol–water partition coefficient (Wildman–Crippen LogP) is 5.24. The lowest BCUT2D eigenvalue weighted by molar-refractivity contribution is 0.192. The van der Waals surface area contributed by atoms with E-state index in [1.54, 1.807) is 29.2 Å². The number of benzene rings is 3. The molecule has 2 amide bonds. The van der Waals surface area contributed by atoms with Gasteiger partial charge in [-0.25, -0.2) is 13.6 Å². The van der Waals surface area contributed by atoms with Gasteiger partial charge in [-0.15, -0.1) is 0 Å². The van der Waals surface area contributed by atoms with Crippen LogP contribution < -0.4 is 9.50 Å². The fourth-order valence-corrected chi connectivity index (χ4v) is 4.07. The summed E-state index contributed by atoms with van der Waals surface area (Å²) in [6, 6.07) is 16.3. The molecular formula is C25H26F2N2O4S. The number of rotatable bonds is 10. The second-order valence-electron chi connectivity index (χ2n) is 7.70. The summed E-state index contributed by atoms with van der Waals surface area (Å²) in [5.41, 5.74) is 1.52. The second kappa shape index (κ2) is 11.6. The van der Waals surface area contributed by atoms with Crippen molar-refractivity contribution in [3.63, 3.8) is 0 Å². The predicted molar refractivity (Wildman–Crippen MR) is 125 cm³/mol. The molecule has 0 saturated carbocycles. The first-order valence-electron chi connectivity index (χ1n) is 10.8. The van der Waals surface area contributed by atoms with Crippen LogP contribution >= 0.6 is 0 Å². The van der Waals surface area contributed by atoms with Crippen LogP contribution in [0, 0.1) is 11.6 Å². The monoisotopic (exact) mass is 488 g/mol. The summed E-state index contributed by atoms with van der Waals surface area (Å²) in [6.45, 7) is 3.10. The summed E-state index contributed by atoms with van der Waals surface area (Å²) in [4.78, 5) is 14.2. The summed E-state index contributed by atoms with van der Waals surface area (Å²) >= 11 is 0. The number of hydrogen-bond donors (Lipinski definition) is 1. The van der Waals surface area contributed by atoms with Crippen LogP contribution in [0.3, 0.4) is 0 Å². The molecular weight excluding hydrogens is 462 g/mol. The topological polar surface area (TPSA) is 75.7 Å². The summed E-state index contributed by atoms with van der Waals surface area (Å²) in [6.07, 6.45) is 1.80. The molecule has 0 bridgehead atoms. The van der Waals surface area contributed by atoms with Gasteiger partial charge in [0.1, 0.15) is 22.3 Å². The Morgan fingerprint density at radius 3 is 1.88 bits per heavy atom. The molecule has 0 fully saturated rings. The van der Waals surface area contributed by atoms with E-state index in [-0.39, 0.29) is 35.6 Å². The standard InChI is InChI=1S/C25H26F2N2O4S/c1-2-3-16-28-25(30)29(17-19-4-8-21(26)9-5-19)18-20-6-12-23(13-7-20)33-34(31,32)24-14-10-22(27)11-15-24/h4-15H,2-3,16-18H2,1H3,(H,28,30). The number of urea groups is 1. The van der Waals surface area contributed by atoms with Crippen molar-refractivity contribution in [2.75, 3.05) is 6.54 Å². The first-order valence-corrected chi connectivity index (χ1v) is 12.2. The number of amides is 2. The molecule has 6 nitrogen and oxygen atoms in total. The molecule has 3 aromatic rings. The van der Waals surface area contributed by atoms with Gasteiger partial charge in [0.25, 0.3) is 0 Å². The maximum absolute atomic E-state index is 13.3. The van der Waals surface area contributed by atoms with Crippen molar-refractivity contribution in [3.05, 3.63) is 95.6 Å². The van der Waals surface area contributed by atoms with Crippen LogP contribution in [0.25, 0.3) is 0 Å². The minimum atomic E-state index is -4.11. The van der Waals surface area contributed by atoms with Crippen molar-refractivity contribution >= 4 is 16.1 Å². The van der Waals surface area contributed by atoms with E-state index in [1.165, 1.54) is 24.3 Å². The largest absolute Gasteiger partial charge is 0.379 e. The fraction of sp³-hybridized carbons (Fsp3) is 0.240. The maximum atomic E-state index is 13.3. The van der Waals surface area contributed by atoms with Gasteiger partial charge in [-0.3, -0.25) is 0 Å². The van der Waals surface area contributed by atoms with Gasteiger partial charge in [-0.05, 0) is 66.1 Å². The Hall–Kier alpha value is -3.46. The lowest BCUT2D eigenvalue weighted by Gasteiger charge is -2.23. The number of nitrogens with one attached hydrogen (secondary N) is 1. The van der Waals surface area contributed by atoms with Crippen LogP contribution in [0.2, 0.25) is 0 Å². The molecule has 0 aliphatic heterocycles. The number of carbonyl (C=O) groups excluding carboxylic acids is 1. The molecule has 0 radical (unpaired) electrons. The molecule has 0 aromatic heterocycles. The van der Waals surface area contributed by atoms with Crippen molar-refractivity contribution in [3.8, 4) is 5.75 Å². The molecule has 0 unspecified atom stereocenters. The lowest BCUT2D eigenvalue weighted by atomic mass is 10.1. The molecule has 0 saturated heterocycles. The summed E-state index contributed by atoms with van der Waals surface area (Å²) in [5, 5.41) is 2.88. The molecule has 180 valence electrons. The van der Waals surface area contributed by atoms with Crippen molar-refractivity contribution in [1.29, 1.82) is 0 Å². The normalized spacial score (nSPS) is 11.1. The number of nitrogens with zero attached hydrogens (tertiary/aromatic N) is 1. The van der Waals surface area contributed by atoms with Gasteiger partial charge < -0.3 is 14.4 Å². The second-order valence-corrected chi connectivity index (χ2v) is 9.25. The Kier molecular flexibility index (Phi) is 8.59. The average molecular weight is 489 g/mol. The van der Waals surface area contributed by atoms with E-state index in [0.29, 0.717) is 6.54 Å². The number of hydrogen-bond acceptors (Lipinski definition) is 4. The molecule has 3 rings (SSSR count). The third-order valence-electron chi connectivity index (χ3n) is 4.99. The molecule has 0 atom stereocenters. The average Bonchev–Trinajstić information content (AvgIpc) is 2.81. The Balaban J connectivity index is 1.70. The highest BCUT2D eigenvalue weighted by atomic mass is 32.2. The molecule has 34 heavy (non-hydrogen) atoms. The molecule has 9 heteroatoms. The number of carbonyl (C=O) groups is 1. The van der Waals surface area contributed by atoms with Crippen LogP contribution in [-0.4, -0.2) is 25.9 Å². The number of unbranched alkanes of at least 4 members (excludes halogenated alkanes) is 1. The van der Waals surface area contributed by atoms with E-state index in [0.717, 1.165) is 48.2 Å². The third-order valence-corrected chi connectivity index (χ3v) is 6.25. The quantitative estimate of drug-likeness (QED) is 0.313. The van der Waals surface area contributed by atoms with Gasteiger partial charge in [-0.2, -0.15) is 8.42 Å². The van der Waals surface area contributed by atoms with Crippen molar-refractivity contribution in [1.82, 2.24) is 10.2 Å². The highest BCUT2D eigenvalue weighted by molar-refractivity contribution is 7.87. The number of halogens is 2. The van der Waals surface area contributed by atoms with E-state index in [4.69, 9.17) is 4.18 Å². The van der Waals surface area contributed by atoms with Crippen LogP contribution in [-0.2, 0) is 23.2 Å². The zero-order chi connectivity index (χ0) is 24.6. The van der Waals surface area contributed by atoms with Crippen molar-refractivity contribution < 1.29 is 26.2 Å². The van der Waals surface area contributed by atoms with Crippen molar-refractivity contribution in [2.45, 2.75) is 37.8 Å². The Bertz CT molecular complexity index is 1180. The molecule has 0 aliphatic carbocycles. The van der Waals surface area contributed by atoms with Crippen LogP contribution in [0.5, 0.6) is 5.75 Å². The first kappa shape index (κ1) is 25.2. The zero-order valence-electron chi connectivity index (χ0n) is 18.7. The van der Waals surface area contributed by atoms with Crippen LogP contribution in [0.1, 0.15) is 30.9 Å². The van der Waals surface area contributed by atoms with Gasteiger partial charge in [0, 0.05) is 19.6 Å². The van der Waals surface area contributed by atoms with Crippen LogP contribution in [0.15, 0.2) is 77.7 Å². The lowest BCUT2D eigenvalue weighted by Crippen LogP contribution is -2.39. The van der Waals surface area contributed by atoms with E-state index < -0.39 is 15.9 Å². The highest BCUT2D eigenvalue weighted by Crippen LogP contribution is 2.21. The maximum Gasteiger partial charge on any atom is 0.339 e. The Morgan fingerprint density at radius 2 is 1.35 bits per heavy atom. The zero-order valence-corrected chi connectivity index (χ0v) is 19.5. The smallest absolute Gasteiger partial charge is 0.339 e. The summed E-state index contributed by atoms with van der Waals surface area (Å²) in [5.74, 6) is -0.813. The van der Waals surface area contributed by atoms with Gasteiger partial charge in [0.15, 0.2) is 0 Å². The van der Waals surface area contributed by atoms with Crippen LogP contribution in [0.4, 0.5) is 13.6 Å². The van der Waals surface area contributed by atoms with E-state index in [2.05, 4.69) is 5.32 Å². The van der Waals surface area contributed by atoms with E-state index in [1.807, 2.05) is 6.92 Å². The third kappa shape index (κ3) is 7.28. The SMILES string of the molecule is CCCCNC(=O)N(Cc1ccc(F)cc1)Cc1ccc(OS(=O)(=O)c2ccc(F)cc2)cc1. The van der Waals surface area contributed by atoms with E-state index in [9.17, 15) is 22.0 Å². The fourth-order valence-electron chi connectivity index (χ4n) is 3.14. The minimum absolute atomic E-state index is 0.0885. The van der Waals surface area contributed by atoms with Gasteiger partial charge in [0.2, 0.25) is 0 Å². The van der Waals surface area contributed by atoms with Gasteiger partial charge in [-0.1, -0.05) is 37.6 Å². The molecule has 3 aromatic carbocycles. The van der Waals surface area contributed by atoms with Gasteiger partial charge in [0.05, 0.1) is 0 Å². The molecule has 0 heterocycles. The van der Waals surface area contributed by atoms with E-state index >= 15 is 0 Å². The Morgan fingerprint density at radius 1 is 0.853 bits per heavy atom. The molecule has 1 N–H and O–H groups in total. The summed E-state index contributed by atoms with van der Waals surface area (Å²) < 4.78 is 56.2. The Labute approximate surface area is 198 Å². The van der Waals surface area contributed by atoms with Gasteiger partial charge >= 0.3 is 16.1 Å².